The van der Waals surface area contributed by atoms with Gasteiger partial charge in [0.05, 0.1) is 3.79 Å². The lowest BCUT2D eigenvalue weighted by Crippen LogP contribution is -2.42. The minimum absolute atomic E-state index is 0.348. The molecule has 1 heterocycles. The first kappa shape index (κ1) is 18.1. The molecule has 0 aliphatic carbocycles. The lowest BCUT2D eigenvalue weighted by molar-refractivity contribution is 0.165. The van der Waals surface area contributed by atoms with E-state index in [1.165, 1.54) is 22.2 Å². The average Bonchev–Trinajstić information content (AvgIpc) is 2.72. The number of hydrogen-bond donors (Lipinski definition) is 1. The van der Waals surface area contributed by atoms with Crippen LogP contribution in [0.1, 0.15) is 46.1 Å². The van der Waals surface area contributed by atoms with Gasteiger partial charge in [0, 0.05) is 25.7 Å². The van der Waals surface area contributed by atoms with E-state index in [-0.39, 0.29) is 0 Å². The van der Waals surface area contributed by atoms with Crippen molar-refractivity contribution in [1.29, 1.82) is 0 Å². The molecule has 20 heavy (non-hydrogen) atoms. The summed E-state index contributed by atoms with van der Waals surface area (Å²) >= 11 is 5.31. The molecule has 0 bridgehead atoms. The Kier molecular flexibility index (Phi) is 7.73. The maximum Gasteiger partial charge on any atom is 0.0701 e. The second-order valence-electron chi connectivity index (χ2n) is 6.53. The average molecular weight is 361 g/mol. The summed E-state index contributed by atoms with van der Waals surface area (Å²) in [6.07, 6.45) is 2.51. The zero-order valence-electron chi connectivity index (χ0n) is 13.5. The van der Waals surface area contributed by atoms with Gasteiger partial charge in [-0.15, -0.1) is 11.3 Å². The smallest absolute Gasteiger partial charge is 0.0701 e. The Morgan fingerprint density at radius 1 is 1.45 bits per heavy atom. The normalized spacial score (nSPS) is 15.0. The standard InChI is InChI=1S/C16H29BrN2S/c1-6-7-16(4,11-18-13(2)3)12-19(5)9-14-8-15(17)20-10-14/h8,10,13,18H,6-7,9,11-12H2,1-5H3. The van der Waals surface area contributed by atoms with E-state index in [1.54, 1.807) is 11.3 Å². The monoisotopic (exact) mass is 360 g/mol. The number of nitrogens with one attached hydrogen (secondary N) is 1. The molecule has 0 amide bonds. The predicted octanol–water partition coefficient (Wildman–Crippen LogP) is 4.75. The molecule has 0 radical (unpaired) electrons. The van der Waals surface area contributed by atoms with Crippen LogP contribution < -0.4 is 5.32 Å². The third-order valence-electron chi connectivity index (χ3n) is 3.52. The van der Waals surface area contributed by atoms with E-state index in [1.807, 2.05) is 0 Å². The Morgan fingerprint density at radius 3 is 2.65 bits per heavy atom. The summed E-state index contributed by atoms with van der Waals surface area (Å²) in [4.78, 5) is 2.45. The van der Waals surface area contributed by atoms with Crippen molar-refractivity contribution in [3.05, 3.63) is 20.8 Å². The number of nitrogens with zero attached hydrogens (tertiary/aromatic N) is 1. The molecular formula is C16H29BrN2S. The Labute approximate surface area is 137 Å². The van der Waals surface area contributed by atoms with Crippen LogP contribution in [0.4, 0.5) is 0 Å². The summed E-state index contributed by atoms with van der Waals surface area (Å²) in [5, 5.41) is 5.85. The quantitative estimate of drug-likeness (QED) is 0.683. The molecule has 0 aliphatic rings. The van der Waals surface area contributed by atoms with Crippen LogP contribution in [0.25, 0.3) is 0 Å². The van der Waals surface area contributed by atoms with Gasteiger partial charge in [0.2, 0.25) is 0 Å². The molecule has 0 saturated heterocycles. The Morgan fingerprint density at radius 2 is 2.15 bits per heavy atom. The first-order valence-electron chi connectivity index (χ1n) is 7.49. The summed E-state index contributed by atoms with van der Waals surface area (Å²) in [5.41, 5.74) is 1.75. The first-order chi connectivity index (χ1) is 9.34. The Hall–Kier alpha value is 0.100. The molecule has 1 N–H and O–H groups in total. The predicted molar refractivity (Wildman–Crippen MR) is 94.5 cm³/mol. The Bertz CT molecular complexity index is 392. The van der Waals surface area contributed by atoms with Crippen molar-refractivity contribution < 1.29 is 0 Å². The van der Waals surface area contributed by atoms with Crippen molar-refractivity contribution in [3.8, 4) is 0 Å². The molecule has 1 atom stereocenters. The maximum absolute atomic E-state index is 3.61. The molecule has 0 aliphatic heterocycles. The van der Waals surface area contributed by atoms with E-state index in [4.69, 9.17) is 0 Å². The molecule has 116 valence electrons. The van der Waals surface area contributed by atoms with Gasteiger partial charge >= 0.3 is 0 Å². The van der Waals surface area contributed by atoms with Crippen LogP contribution in [0.15, 0.2) is 15.2 Å². The van der Waals surface area contributed by atoms with Crippen LogP contribution in [0.3, 0.4) is 0 Å². The lowest BCUT2D eigenvalue weighted by atomic mass is 9.84. The third-order valence-corrected chi connectivity index (χ3v) is 5.07. The van der Waals surface area contributed by atoms with E-state index in [9.17, 15) is 0 Å². The van der Waals surface area contributed by atoms with Gasteiger partial charge in [-0.1, -0.05) is 34.1 Å². The Balaban J connectivity index is 2.54. The topological polar surface area (TPSA) is 15.3 Å². The fourth-order valence-electron chi connectivity index (χ4n) is 2.73. The van der Waals surface area contributed by atoms with E-state index in [0.717, 1.165) is 19.6 Å². The van der Waals surface area contributed by atoms with E-state index in [2.05, 4.69) is 72.3 Å². The minimum Gasteiger partial charge on any atom is -0.314 e. The second kappa shape index (κ2) is 8.52. The highest BCUT2D eigenvalue weighted by atomic mass is 79.9. The molecule has 0 aromatic carbocycles. The highest BCUT2D eigenvalue weighted by molar-refractivity contribution is 9.11. The lowest BCUT2D eigenvalue weighted by Gasteiger charge is -2.34. The highest BCUT2D eigenvalue weighted by Crippen LogP contribution is 2.26. The van der Waals surface area contributed by atoms with Crippen LogP contribution in [0, 0.1) is 5.41 Å². The summed E-state index contributed by atoms with van der Waals surface area (Å²) < 4.78 is 1.22. The van der Waals surface area contributed by atoms with Crippen molar-refractivity contribution in [2.24, 2.45) is 5.41 Å². The fraction of sp³-hybridized carbons (Fsp3) is 0.750. The zero-order valence-corrected chi connectivity index (χ0v) is 15.9. The van der Waals surface area contributed by atoms with Gasteiger partial charge in [0.15, 0.2) is 0 Å². The number of thiophene rings is 1. The summed E-state index contributed by atoms with van der Waals surface area (Å²) in [6, 6.07) is 2.79. The first-order valence-corrected chi connectivity index (χ1v) is 9.17. The van der Waals surface area contributed by atoms with E-state index >= 15 is 0 Å². The molecule has 0 spiro atoms. The fourth-order valence-corrected chi connectivity index (χ4v) is 3.93. The van der Waals surface area contributed by atoms with Gasteiger partial charge in [0.25, 0.3) is 0 Å². The summed E-state index contributed by atoms with van der Waals surface area (Å²) in [6.45, 7) is 12.4. The van der Waals surface area contributed by atoms with E-state index < -0.39 is 0 Å². The number of rotatable bonds is 9. The van der Waals surface area contributed by atoms with Crippen LogP contribution >= 0.6 is 27.3 Å². The molecular weight excluding hydrogens is 332 g/mol. The zero-order chi connectivity index (χ0) is 15.2. The number of hydrogen-bond acceptors (Lipinski definition) is 3. The van der Waals surface area contributed by atoms with Crippen LogP contribution in [0.2, 0.25) is 0 Å². The molecule has 1 aromatic heterocycles. The van der Waals surface area contributed by atoms with Gasteiger partial charge in [0.1, 0.15) is 0 Å². The second-order valence-corrected chi connectivity index (χ2v) is 8.82. The molecule has 1 unspecified atom stereocenters. The molecule has 1 rings (SSSR count). The van der Waals surface area contributed by atoms with Crippen molar-refractivity contribution in [3.63, 3.8) is 0 Å². The van der Waals surface area contributed by atoms with Crippen molar-refractivity contribution in [2.45, 2.75) is 53.1 Å². The van der Waals surface area contributed by atoms with Gasteiger partial charge < -0.3 is 10.2 Å². The largest absolute Gasteiger partial charge is 0.314 e. The third kappa shape index (κ3) is 6.70. The minimum atomic E-state index is 0.348. The summed E-state index contributed by atoms with van der Waals surface area (Å²) in [5.74, 6) is 0. The van der Waals surface area contributed by atoms with Gasteiger partial charge in [-0.05, 0) is 51.8 Å². The van der Waals surface area contributed by atoms with Gasteiger partial charge in [-0.2, -0.15) is 0 Å². The van der Waals surface area contributed by atoms with Crippen LogP contribution in [-0.4, -0.2) is 31.1 Å². The van der Waals surface area contributed by atoms with Gasteiger partial charge in [-0.3, -0.25) is 0 Å². The molecule has 1 aromatic rings. The van der Waals surface area contributed by atoms with Crippen molar-refractivity contribution >= 4 is 27.3 Å². The van der Waals surface area contributed by atoms with Crippen LogP contribution in [-0.2, 0) is 6.54 Å². The molecule has 4 heteroatoms. The van der Waals surface area contributed by atoms with Gasteiger partial charge in [-0.25, -0.2) is 0 Å². The van der Waals surface area contributed by atoms with Crippen molar-refractivity contribution in [1.82, 2.24) is 10.2 Å². The van der Waals surface area contributed by atoms with E-state index in [0.29, 0.717) is 11.5 Å². The maximum atomic E-state index is 3.61. The SMILES string of the molecule is CCCC(C)(CNC(C)C)CN(C)Cc1csc(Br)c1. The molecule has 0 fully saturated rings. The van der Waals surface area contributed by atoms with Crippen LogP contribution in [0.5, 0.6) is 0 Å². The van der Waals surface area contributed by atoms with Crippen molar-refractivity contribution in [2.75, 3.05) is 20.1 Å². The molecule has 0 saturated carbocycles. The summed E-state index contributed by atoms with van der Waals surface area (Å²) in [7, 11) is 2.23. The highest BCUT2D eigenvalue weighted by Gasteiger charge is 2.25. The molecule has 2 nitrogen and oxygen atoms in total. The number of halogens is 1.